The molecule has 1 fully saturated rings. The van der Waals surface area contributed by atoms with Gasteiger partial charge in [-0.2, -0.15) is 4.31 Å². The van der Waals surface area contributed by atoms with Crippen LogP contribution in [-0.2, 0) is 24.3 Å². The van der Waals surface area contributed by atoms with Crippen LogP contribution in [0.5, 0.6) is 5.75 Å². The molecular weight excluding hydrogens is 412 g/mol. The Balaban J connectivity index is 1.59. The molecule has 1 amide bonds. The molecule has 9 nitrogen and oxygen atoms in total. The van der Waals surface area contributed by atoms with E-state index in [1.165, 1.54) is 41.7 Å². The van der Waals surface area contributed by atoms with E-state index >= 15 is 0 Å². The Kier molecular flexibility index (Phi) is 7.03. The Labute approximate surface area is 174 Å². The number of para-hydroxylation sites is 1. The number of ether oxygens (including phenoxy) is 3. The lowest BCUT2D eigenvalue weighted by Gasteiger charge is -2.26. The molecule has 30 heavy (non-hydrogen) atoms. The molecule has 1 heterocycles. The minimum absolute atomic E-state index is 0.144. The highest BCUT2D eigenvalue weighted by atomic mass is 32.2. The number of anilines is 1. The van der Waals surface area contributed by atoms with Gasteiger partial charge in [-0.1, -0.05) is 12.1 Å². The summed E-state index contributed by atoms with van der Waals surface area (Å²) in [6.07, 6.45) is 0. The Morgan fingerprint density at radius 1 is 1.07 bits per heavy atom. The van der Waals surface area contributed by atoms with Crippen molar-refractivity contribution in [3.8, 4) is 5.75 Å². The molecule has 0 atom stereocenters. The number of amides is 1. The van der Waals surface area contributed by atoms with E-state index in [2.05, 4.69) is 10.1 Å². The topological polar surface area (TPSA) is 111 Å². The number of hydrogen-bond donors (Lipinski definition) is 1. The predicted octanol–water partition coefficient (Wildman–Crippen LogP) is 1.51. The van der Waals surface area contributed by atoms with Gasteiger partial charge >= 0.3 is 5.97 Å². The fourth-order valence-electron chi connectivity index (χ4n) is 2.86. The van der Waals surface area contributed by atoms with E-state index in [0.717, 1.165) is 0 Å². The number of nitrogens with zero attached hydrogens (tertiary/aromatic N) is 1. The summed E-state index contributed by atoms with van der Waals surface area (Å²) in [4.78, 5) is 24.1. The zero-order valence-electron chi connectivity index (χ0n) is 16.4. The van der Waals surface area contributed by atoms with Gasteiger partial charge in [0.1, 0.15) is 11.3 Å². The molecule has 0 unspecified atom stereocenters. The number of rotatable bonds is 7. The second kappa shape index (κ2) is 9.70. The molecule has 2 aromatic rings. The molecule has 0 radical (unpaired) electrons. The van der Waals surface area contributed by atoms with Crippen molar-refractivity contribution in [1.29, 1.82) is 0 Å². The highest BCUT2D eigenvalue weighted by Crippen LogP contribution is 2.20. The third-order valence-electron chi connectivity index (χ3n) is 4.40. The third-order valence-corrected chi connectivity index (χ3v) is 6.31. The van der Waals surface area contributed by atoms with Crippen LogP contribution in [0.1, 0.15) is 10.4 Å². The maximum atomic E-state index is 12.6. The van der Waals surface area contributed by atoms with Crippen LogP contribution in [0.3, 0.4) is 0 Å². The number of esters is 1. The number of benzene rings is 2. The maximum Gasteiger partial charge on any atom is 0.341 e. The van der Waals surface area contributed by atoms with Crippen molar-refractivity contribution in [2.45, 2.75) is 4.90 Å². The van der Waals surface area contributed by atoms with Crippen LogP contribution in [-0.4, -0.2) is 64.6 Å². The molecule has 0 spiro atoms. The molecule has 0 aliphatic carbocycles. The van der Waals surface area contributed by atoms with Gasteiger partial charge in [0.25, 0.3) is 5.91 Å². The van der Waals surface area contributed by atoms with Gasteiger partial charge < -0.3 is 19.5 Å². The maximum absolute atomic E-state index is 12.6. The molecule has 1 N–H and O–H groups in total. The third kappa shape index (κ3) is 5.15. The summed E-state index contributed by atoms with van der Waals surface area (Å²) >= 11 is 0. The Bertz CT molecular complexity index is 1000. The minimum Gasteiger partial charge on any atom is -0.483 e. The lowest BCUT2D eigenvalue weighted by molar-refractivity contribution is -0.118. The summed E-state index contributed by atoms with van der Waals surface area (Å²) in [7, 11) is -2.34. The van der Waals surface area contributed by atoms with Crippen molar-refractivity contribution in [3.05, 3.63) is 54.1 Å². The Hall–Kier alpha value is -2.95. The van der Waals surface area contributed by atoms with Gasteiger partial charge in [-0.05, 0) is 36.4 Å². The van der Waals surface area contributed by atoms with Crippen molar-refractivity contribution in [1.82, 2.24) is 4.31 Å². The lowest BCUT2D eigenvalue weighted by atomic mass is 10.2. The van der Waals surface area contributed by atoms with Crippen molar-refractivity contribution in [2.75, 3.05) is 45.3 Å². The van der Waals surface area contributed by atoms with Crippen molar-refractivity contribution in [2.24, 2.45) is 0 Å². The van der Waals surface area contributed by atoms with Gasteiger partial charge in [-0.3, -0.25) is 4.79 Å². The number of methoxy groups -OCH3 is 1. The number of carbonyl (C=O) groups is 2. The first-order valence-electron chi connectivity index (χ1n) is 9.20. The normalized spacial score (nSPS) is 14.7. The van der Waals surface area contributed by atoms with Crippen LogP contribution in [0.25, 0.3) is 0 Å². The predicted molar refractivity (Wildman–Crippen MR) is 108 cm³/mol. The van der Waals surface area contributed by atoms with Gasteiger partial charge in [0.2, 0.25) is 10.0 Å². The second-order valence-corrected chi connectivity index (χ2v) is 8.30. The zero-order valence-corrected chi connectivity index (χ0v) is 17.2. The van der Waals surface area contributed by atoms with E-state index in [-0.39, 0.29) is 22.8 Å². The largest absolute Gasteiger partial charge is 0.483 e. The van der Waals surface area contributed by atoms with Gasteiger partial charge in [0.05, 0.1) is 25.2 Å². The van der Waals surface area contributed by atoms with Crippen LogP contribution >= 0.6 is 0 Å². The van der Waals surface area contributed by atoms with Crippen molar-refractivity contribution in [3.63, 3.8) is 0 Å². The monoisotopic (exact) mass is 434 g/mol. The first kappa shape index (κ1) is 21.8. The SMILES string of the molecule is COC(=O)c1ccccc1OCC(=O)Nc1ccc(S(=O)(=O)N2CCOCC2)cc1. The van der Waals surface area contributed by atoms with Gasteiger partial charge in [-0.25, -0.2) is 13.2 Å². The molecule has 10 heteroatoms. The average Bonchev–Trinajstić information content (AvgIpc) is 2.78. The van der Waals surface area contributed by atoms with E-state index in [4.69, 9.17) is 9.47 Å². The number of sulfonamides is 1. The van der Waals surface area contributed by atoms with Gasteiger partial charge in [-0.15, -0.1) is 0 Å². The number of hydrogen-bond acceptors (Lipinski definition) is 7. The molecule has 0 saturated carbocycles. The summed E-state index contributed by atoms with van der Waals surface area (Å²) in [5.41, 5.74) is 0.635. The number of carbonyl (C=O) groups excluding carboxylic acids is 2. The summed E-state index contributed by atoms with van der Waals surface area (Å²) in [5.74, 6) is -0.798. The molecule has 0 bridgehead atoms. The van der Waals surface area contributed by atoms with Gasteiger partial charge in [0.15, 0.2) is 6.61 Å². The minimum atomic E-state index is -3.60. The zero-order chi connectivity index (χ0) is 21.6. The quantitative estimate of drug-likeness (QED) is 0.658. The van der Waals surface area contributed by atoms with Gasteiger partial charge in [0, 0.05) is 18.8 Å². The smallest absolute Gasteiger partial charge is 0.341 e. The Morgan fingerprint density at radius 3 is 2.40 bits per heavy atom. The highest BCUT2D eigenvalue weighted by molar-refractivity contribution is 7.89. The fraction of sp³-hybridized carbons (Fsp3) is 0.300. The van der Waals surface area contributed by atoms with Crippen LogP contribution in [0.4, 0.5) is 5.69 Å². The summed E-state index contributed by atoms with van der Waals surface area (Å²) in [5, 5.41) is 2.62. The highest BCUT2D eigenvalue weighted by Gasteiger charge is 2.26. The average molecular weight is 434 g/mol. The fourth-order valence-corrected chi connectivity index (χ4v) is 4.27. The summed E-state index contributed by atoms with van der Waals surface area (Å²) in [6.45, 7) is 1.03. The number of nitrogens with one attached hydrogen (secondary N) is 1. The van der Waals surface area contributed by atoms with Crippen molar-refractivity contribution >= 4 is 27.6 Å². The van der Waals surface area contributed by atoms with E-state index in [0.29, 0.717) is 32.0 Å². The van der Waals surface area contributed by atoms with E-state index in [9.17, 15) is 18.0 Å². The molecule has 3 rings (SSSR count). The molecule has 2 aromatic carbocycles. The van der Waals surface area contributed by atoms with Crippen LogP contribution in [0.2, 0.25) is 0 Å². The van der Waals surface area contributed by atoms with Crippen molar-refractivity contribution < 1.29 is 32.2 Å². The van der Waals surface area contributed by atoms with Crippen LogP contribution < -0.4 is 10.1 Å². The first-order chi connectivity index (χ1) is 14.4. The molecule has 160 valence electrons. The van der Waals surface area contributed by atoms with Crippen LogP contribution in [0, 0.1) is 0 Å². The second-order valence-electron chi connectivity index (χ2n) is 6.37. The lowest BCUT2D eigenvalue weighted by Crippen LogP contribution is -2.40. The Morgan fingerprint density at radius 2 is 1.73 bits per heavy atom. The molecule has 1 aliphatic rings. The van der Waals surface area contributed by atoms with Crippen LogP contribution in [0.15, 0.2) is 53.4 Å². The molecule has 1 saturated heterocycles. The summed E-state index contributed by atoms with van der Waals surface area (Å²) in [6, 6.07) is 12.3. The molecule has 1 aliphatic heterocycles. The molecule has 0 aromatic heterocycles. The number of morpholine rings is 1. The summed E-state index contributed by atoms with van der Waals surface area (Å²) < 4.78 is 41.9. The molecular formula is C20H22N2O7S. The van der Waals surface area contributed by atoms with E-state index in [1.807, 2.05) is 0 Å². The standard InChI is InChI=1S/C20H22N2O7S/c1-27-20(24)17-4-2-3-5-18(17)29-14-19(23)21-15-6-8-16(9-7-15)30(25,26)22-10-12-28-13-11-22/h2-9H,10-14H2,1H3,(H,21,23). The van der Waals surface area contributed by atoms with E-state index < -0.39 is 21.9 Å². The first-order valence-corrected chi connectivity index (χ1v) is 10.6. The van der Waals surface area contributed by atoms with E-state index in [1.54, 1.807) is 18.2 Å².